The van der Waals surface area contributed by atoms with Gasteiger partial charge >= 0.3 is 11.9 Å². The van der Waals surface area contributed by atoms with E-state index in [2.05, 4.69) is 9.97 Å². The van der Waals surface area contributed by atoms with E-state index < -0.39 is 11.9 Å². The third kappa shape index (κ3) is 4.18. The molecule has 0 radical (unpaired) electrons. The first-order valence-electron chi connectivity index (χ1n) is 9.82. The summed E-state index contributed by atoms with van der Waals surface area (Å²) in [6.07, 6.45) is 0.120. The van der Waals surface area contributed by atoms with E-state index >= 15 is 0 Å². The number of furan rings is 1. The molecule has 2 aromatic carbocycles. The Morgan fingerprint density at radius 2 is 1.84 bits per heavy atom. The average molecular weight is 419 g/mol. The molecule has 0 aliphatic carbocycles. The average Bonchev–Trinajstić information content (AvgIpc) is 3.09. The molecule has 0 atom stereocenters. The molecule has 0 aliphatic heterocycles. The number of hydrogen-bond acceptors (Lipinski definition) is 8. The predicted molar refractivity (Wildman–Crippen MR) is 114 cm³/mol. The number of esters is 2. The molecule has 0 amide bonds. The van der Waals surface area contributed by atoms with Gasteiger partial charge in [-0.25, -0.2) is 9.78 Å². The maximum atomic E-state index is 12.3. The van der Waals surface area contributed by atoms with Gasteiger partial charge in [0.2, 0.25) is 5.71 Å². The van der Waals surface area contributed by atoms with Crippen LogP contribution in [0.1, 0.15) is 34.4 Å². The summed E-state index contributed by atoms with van der Waals surface area (Å²) < 4.78 is 15.9. The molecule has 0 bridgehead atoms. The zero-order chi connectivity index (χ0) is 22.0. The highest BCUT2D eigenvalue weighted by atomic mass is 16.5. The molecule has 4 rings (SSSR count). The van der Waals surface area contributed by atoms with Crippen molar-refractivity contribution in [3.63, 3.8) is 0 Å². The van der Waals surface area contributed by atoms with Gasteiger partial charge in [-0.3, -0.25) is 4.79 Å². The van der Waals surface area contributed by atoms with Gasteiger partial charge < -0.3 is 19.6 Å². The quantitative estimate of drug-likeness (QED) is 0.470. The fraction of sp³-hybridized carbons (Fsp3) is 0.217. The molecule has 0 unspecified atom stereocenters. The summed E-state index contributed by atoms with van der Waals surface area (Å²) in [5.74, 6) is -0.393. The van der Waals surface area contributed by atoms with E-state index in [1.165, 1.54) is 0 Å². The molecule has 2 aromatic heterocycles. The van der Waals surface area contributed by atoms with Crippen molar-refractivity contribution in [2.75, 3.05) is 12.3 Å². The van der Waals surface area contributed by atoms with Crippen LogP contribution in [0.4, 0.5) is 5.82 Å². The second-order valence-electron chi connectivity index (χ2n) is 6.98. The van der Waals surface area contributed by atoms with Crippen LogP contribution in [-0.4, -0.2) is 28.5 Å². The molecule has 0 aliphatic rings. The number of benzene rings is 2. The van der Waals surface area contributed by atoms with Gasteiger partial charge in [0.15, 0.2) is 12.4 Å². The van der Waals surface area contributed by atoms with Gasteiger partial charge in [0.1, 0.15) is 17.1 Å². The van der Waals surface area contributed by atoms with Gasteiger partial charge in [0, 0.05) is 0 Å². The third-order valence-corrected chi connectivity index (χ3v) is 4.81. The predicted octanol–water partition coefficient (Wildman–Crippen LogP) is 3.73. The van der Waals surface area contributed by atoms with Crippen LogP contribution >= 0.6 is 0 Å². The second-order valence-corrected chi connectivity index (χ2v) is 6.98. The van der Waals surface area contributed by atoms with E-state index in [4.69, 9.17) is 19.6 Å². The number of anilines is 1. The van der Waals surface area contributed by atoms with Crippen LogP contribution in [0.15, 0.2) is 46.9 Å². The molecule has 0 spiro atoms. The topological polar surface area (TPSA) is 118 Å². The molecule has 8 heteroatoms. The first-order chi connectivity index (χ1) is 15.0. The first kappa shape index (κ1) is 20.3. The number of nitrogens with zero attached hydrogens (tertiary/aromatic N) is 2. The van der Waals surface area contributed by atoms with Gasteiger partial charge in [0.25, 0.3) is 0 Å². The molecule has 2 N–H and O–H groups in total. The van der Waals surface area contributed by atoms with Crippen molar-refractivity contribution in [3.8, 4) is 0 Å². The van der Waals surface area contributed by atoms with Crippen LogP contribution in [0, 0.1) is 6.92 Å². The second kappa shape index (κ2) is 8.43. The van der Waals surface area contributed by atoms with Crippen LogP contribution in [0.5, 0.6) is 0 Å². The van der Waals surface area contributed by atoms with Crippen LogP contribution in [-0.2, 0) is 27.3 Å². The van der Waals surface area contributed by atoms with E-state index in [-0.39, 0.29) is 42.6 Å². The van der Waals surface area contributed by atoms with Crippen LogP contribution in [0.25, 0.3) is 21.9 Å². The number of aromatic nitrogens is 2. The Bertz CT molecular complexity index is 1300. The Kier molecular flexibility index (Phi) is 5.53. The Balaban J connectivity index is 1.48. The number of hydrogen-bond donors (Lipinski definition) is 1. The molecule has 0 saturated carbocycles. The monoisotopic (exact) mass is 419 g/mol. The number of carbonyl (C=O) groups is 2. The summed E-state index contributed by atoms with van der Waals surface area (Å²) in [5.41, 5.74) is 7.23. The minimum atomic E-state index is -0.552. The molecule has 0 fully saturated rings. The minimum absolute atomic E-state index is 0.0606. The van der Waals surface area contributed by atoms with Gasteiger partial charge in [0.05, 0.1) is 18.4 Å². The summed E-state index contributed by atoms with van der Waals surface area (Å²) in [6.45, 7) is 3.38. The van der Waals surface area contributed by atoms with Crippen molar-refractivity contribution in [1.82, 2.24) is 9.97 Å². The minimum Gasteiger partial charge on any atom is -0.462 e. The summed E-state index contributed by atoms with van der Waals surface area (Å²) in [5, 5.41) is 2.45. The molecule has 31 heavy (non-hydrogen) atoms. The van der Waals surface area contributed by atoms with Crippen LogP contribution < -0.4 is 5.73 Å². The lowest BCUT2D eigenvalue weighted by Crippen LogP contribution is -2.11. The number of ether oxygens (including phenoxy) is 2. The Morgan fingerprint density at radius 3 is 2.61 bits per heavy atom. The molecule has 158 valence electrons. The van der Waals surface area contributed by atoms with Crippen molar-refractivity contribution >= 4 is 39.6 Å². The fourth-order valence-electron chi connectivity index (χ4n) is 3.41. The first-order valence-corrected chi connectivity index (χ1v) is 9.82. The lowest BCUT2D eigenvalue weighted by molar-refractivity contribution is -0.144. The van der Waals surface area contributed by atoms with Gasteiger partial charge in [-0.15, -0.1) is 0 Å². The highest BCUT2D eigenvalue weighted by Crippen LogP contribution is 2.29. The SMILES string of the molecule is CCOC(=O)c1c(C)oc2nc(COC(=O)Cc3ccc4ccccc4c3)nc(N)c12. The molecule has 0 saturated heterocycles. The third-order valence-electron chi connectivity index (χ3n) is 4.81. The number of nitrogen functional groups attached to an aromatic ring is 1. The Labute approximate surface area is 178 Å². The maximum absolute atomic E-state index is 12.3. The zero-order valence-electron chi connectivity index (χ0n) is 17.2. The molecule has 8 nitrogen and oxygen atoms in total. The summed E-state index contributed by atoms with van der Waals surface area (Å²) in [6, 6.07) is 13.7. The molecule has 4 aromatic rings. The van der Waals surface area contributed by atoms with Crippen LogP contribution in [0.2, 0.25) is 0 Å². The molecular formula is C23H21N3O5. The Hall–Kier alpha value is -3.94. The lowest BCUT2D eigenvalue weighted by Gasteiger charge is -2.06. The van der Waals surface area contributed by atoms with Crippen molar-refractivity contribution < 1.29 is 23.5 Å². The highest BCUT2D eigenvalue weighted by Gasteiger charge is 2.24. The normalized spacial score (nSPS) is 11.0. The van der Waals surface area contributed by atoms with Gasteiger partial charge in [-0.05, 0) is 30.2 Å². The van der Waals surface area contributed by atoms with E-state index in [1.807, 2.05) is 42.5 Å². The summed E-state index contributed by atoms with van der Waals surface area (Å²) in [7, 11) is 0. The largest absolute Gasteiger partial charge is 0.462 e. The van der Waals surface area contributed by atoms with Crippen LogP contribution in [0.3, 0.4) is 0 Å². The summed E-state index contributed by atoms with van der Waals surface area (Å²) >= 11 is 0. The van der Waals surface area contributed by atoms with Gasteiger partial charge in [-0.2, -0.15) is 4.98 Å². The number of nitrogens with two attached hydrogens (primary N) is 1. The summed E-state index contributed by atoms with van der Waals surface area (Å²) in [4.78, 5) is 32.9. The van der Waals surface area contributed by atoms with Crippen molar-refractivity contribution in [1.29, 1.82) is 0 Å². The number of carbonyl (C=O) groups excluding carboxylic acids is 2. The highest BCUT2D eigenvalue weighted by molar-refractivity contribution is 6.07. The number of fused-ring (bicyclic) bond motifs is 2. The van der Waals surface area contributed by atoms with E-state index in [1.54, 1.807) is 13.8 Å². The van der Waals surface area contributed by atoms with E-state index in [9.17, 15) is 9.59 Å². The zero-order valence-corrected chi connectivity index (χ0v) is 17.2. The van der Waals surface area contributed by atoms with Crippen molar-refractivity contribution in [2.24, 2.45) is 0 Å². The van der Waals surface area contributed by atoms with Gasteiger partial charge in [-0.1, -0.05) is 42.5 Å². The van der Waals surface area contributed by atoms with E-state index in [0.29, 0.717) is 11.1 Å². The standard InChI is InChI=1S/C23H21N3O5/c1-3-29-23(28)19-13(2)31-22-20(19)21(24)25-17(26-22)12-30-18(27)11-14-8-9-15-6-4-5-7-16(15)10-14/h4-10H,3,11-12H2,1-2H3,(H2,24,25,26). The number of rotatable bonds is 6. The van der Waals surface area contributed by atoms with Crippen molar-refractivity contribution in [3.05, 3.63) is 65.2 Å². The smallest absolute Gasteiger partial charge is 0.342 e. The Morgan fingerprint density at radius 1 is 1.06 bits per heavy atom. The fourth-order valence-corrected chi connectivity index (χ4v) is 3.41. The van der Waals surface area contributed by atoms with Crippen molar-refractivity contribution in [2.45, 2.75) is 26.9 Å². The molecular weight excluding hydrogens is 398 g/mol. The lowest BCUT2D eigenvalue weighted by atomic mass is 10.1. The number of aryl methyl sites for hydroxylation is 1. The van der Waals surface area contributed by atoms with E-state index in [0.717, 1.165) is 16.3 Å². The molecule has 2 heterocycles. The maximum Gasteiger partial charge on any atom is 0.342 e.